The largest absolute Gasteiger partial charge is 0.491 e. The summed E-state index contributed by atoms with van der Waals surface area (Å²) < 4.78 is 5.37. The number of rotatable bonds is 4. The van der Waals surface area contributed by atoms with E-state index in [1.54, 1.807) is 18.5 Å². The predicted octanol–water partition coefficient (Wildman–Crippen LogP) is 0.965. The van der Waals surface area contributed by atoms with Crippen molar-refractivity contribution in [2.24, 2.45) is 10.9 Å². The monoisotopic (exact) mass is 195 g/mol. The van der Waals surface area contributed by atoms with Crippen LogP contribution in [0.3, 0.4) is 0 Å². The first-order chi connectivity index (χ1) is 6.79. The molecule has 0 atom stereocenters. The lowest BCUT2D eigenvalue weighted by atomic mass is 10.2. The third-order valence-corrected chi connectivity index (χ3v) is 1.63. The summed E-state index contributed by atoms with van der Waals surface area (Å²) in [6.45, 7) is 2.58. The Hall–Kier alpha value is -1.78. The maximum absolute atomic E-state index is 8.53. The highest BCUT2D eigenvalue weighted by atomic mass is 16.5. The molecule has 0 saturated carbocycles. The van der Waals surface area contributed by atoms with E-state index in [1.807, 2.05) is 6.92 Å². The molecule has 5 heteroatoms. The molecule has 0 amide bonds. The van der Waals surface area contributed by atoms with Gasteiger partial charge in [0.1, 0.15) is 5.75 Å². The van der Waals surface area contributed by atoms with Crippen LogP contribution in [0.25, 0.3) is 0 Å². The number of pyridine rings is 1. The summed E-state index contributed by atoms with van der Waals surface area (Å²) in [7, 11) is 0. The van der Waals surface area contributed by atoms with Gasteiger partial charge in [0, 0.05) is 6.20 Å². The molecule has 1 aromatic heterocycles. The lowest BCUT2D eigenvalue weighted by molar-refractivity contribution is 0.311. The van der Waals surface area contributed by atoms with Crippen LogP contribution in [0.1, 0.15) is 18.9 Å². The SMILES string of the molecule is CCCOc1cnccc1/C(N)=N/O. The quantitative estimate of drug-likeness (QED) is 0.324. The molecule has 1 rings (SSSR count). The Kier molecular flexibility index (Phi) is 3.72. The van der Waals surface area contributed by atoms with Crippen LogP contribution in [-0.2, 0) is 0 Å². The van der Waals surface area contributed by atoms with Crippen LogP contribution in [0.2, 0.25) is 0 Å². The second-order valence-electron chi connectivity index (χ2n) is 2.71. The van der Waals surface area contributed by atoms with E-state index in [1.165, 1.54) is 0 Å². The standard InChI is InChI=1S/C9H13N3O2/c1-2-5-14-8-6-11-4-3-7(8)9(10)12-13/h3-4,6,13H,2,5H2,1H3,(H2,10,12). The third-order valence-electron chi connectivity index (χ3n) is 1.63. The van der Waals surface area contributed by atoms with Gasteiger partial charge in [-0.25, -0.2) is 0 Å². The first-order valence-corrected chi connectivity index (χ1v) is 4.34. The summed E-state index contributed by atoms with van der Waals surface area (Å²) in [4.78, 5) is 3.90. The first-order valence-electron chi connectivity index (χ1n) is 4.34. The van der Waals surface area contributed by atoms with Crippen LogP contribution in [0.5, 0.6) is 5.75 Å². The molecule has 0 radical (unpaired) electrons. The van der Waals surface area contributed by atoms with Crippen molar-refractivity contribution in [3.05, 3.63) is 24.0 Å². The van der Waals surface area contributed by atoms with Gasteiger partial charge < -0.3 is 15.7 Å². The van der Waals surface area contributed by atoms with Crippen LogP contribution in [-0.4, -0.2) is 22.6 Å². The fourth-order valence-electron chi connectivity index (χ4n) is 0.972. The minimum atomic E-state index is 0.0264. The molecule has 0 aromatic carbocycles. The van der Waals surface area contributed by atoms with Gasteiger partial charge in [-0.1, -0.05) is 12.1 Å². The van der Waals surface area contributed by atoms with Gasteiger partial charge in [0.2, 0.25) is 0 Å². The number of amidine groups is 1. The molecule has 0 spiro atoms. The van der Waals surface area contributed by atoms with Crippen molar-refractivity contribution in [3.8, 4) is 5.75 Å². The van der Waals surface area contributed by atoms with Crippen LogP contribution in [0.4, 0.5) is 0 Å². The Morgan fingerprint density at radius 1 is 1.71 bits per heavy atom. The van der Waals surface area contributed by atoms with Crippen molar-refractivity contribution in [3.63, 3.8) is 0 Å². The topological polar surface area (TPSA) is 80.7 Å². The molecular weight excluding hydrogens is 182 g/mol. The van der Waals surface area contributed by atoms with Crippen LogP contribution in [0, 0.1) is 0 Å². The lowest BCUT2D eigenvalue weighted by Gasteiger charge is -2.08. The summed E-state index contributed by atoms with van der Waals surface area (Å²) >= 11 is 0. The molecule has 76 valence electrons. The molecule has 0 aliphatic carbocycles. The summed E-state index contributed by atoms with van der Waals surface area (Å²) in [5.41, 5.74) is 6.01. The normalized spacial score (nSPS) is 11.4. The summed E-state index contributed by atoms with van der Waals surface area (Å²) in [6.07, 6.45) is 4.00. The van der Waals surface area contributed by atoms with Gasteiger partial charge in [-0.2, -0.15) is 0 Å². The average molecular weight is 195 g/mol. The van der Waals surface area contributed by atoms with Gasteiger partial charge in [0.15, 0.2) is 5.84 Å². The van der Waals surface area contributed by atoms with E-state index in [9.17, 15) is 0 Å². The zero-order chi connectivity index (χ0) is 10.4. The van der Waals surface area contributed by atoms with Gasteiger partial charge in [-0.05, 0) is 12.5 Å². The van der Waals surface area contributed by atoms with Gasteiger partial charge in [0.05, 0.1) is 18.4 Å². The van der Waals surface area contributed by atoms with Crippen molar-refractivity contribution in [1.29, 1.82) is 0 Å². The van der Waals surface area contributed by atoms with E-state index >= 15 is 0 Å². The zero-order valence-electron chi connectivity index (χ0n) is 7.97. The molecule has 0 saturated heterocycles. The molecule has 1 aromatic rings. The Bertz CT molecular complexity index is 326. The van der Waals surface area contributed by atoms with E-state index in [0.717, 1.165) is 6.42 Å². The predicted molar refractivity (Wildman–Crippen MR) is 52.5 cm³/mol. The van der Waals surface area contributed by atoms with Crippen LogP contribution < -0.4 is 10.5 Å². The van der Waals surface area contributed by atoms with Crippen LogP contribution >= 0.6 is 0 Å². The molecule has 0 aliphatic heterocycles. The highest BCUT2D eigenvalue weighted by Crippen LogP contribution is 2.15. The maximum atomic E-state index is 8.53. The molecule has 5 nitrogen and oxygen atoms in total. The number of ether oxygens (including phenoxy) is 1. The number of aromatic nitrogens is 1. The highest BCUT2D eigenvalue weighted by Gasteiger charge is 2.07. The van der Waals surface area contributed by atoms with Gasteiger partial charge in [-0.15, -0.1) is 0 Å². The molecule has 0 aliphatic rings. The summed E-state index contributed by atoms with van der Waals surface area (Å²) in [5, 5.41) is 11.4. The average Bonchev–Trinajstić information content (AvgIpc) is 2.25. The fourth-order valence-corrected chi connectivity index (χ4v) is 0.972. The Morgan fingerprint density at radius 3 is 3.14 bits per heavy atom. The minimum Gasteiger partial charge on any atom is -0.491 e. The minimum absolute atomic E-state index is 0.0264. The number of hydrogen-bond acceptors (Lipinski definition) is 4. The van der Waals surface area contributed by atoms with Crippen molar-refractivity contribution in [1.82, 2.24) is 4.98 Å². The van der Waals surface area contributed by atoms with Crippen molar-refractivity contribution >= 4 is 5.84 Å². The van der Waals surface area contributed by atoms with Crippen molar-refractivity contribution < 1.29 is 9.94 Å². The molecule has 3 N–H and O–H groups in total. The lowest BCUT2D eigenvalue weighted by Crippen LogP contribution is -2.15. The molecule has 0 bridgehead atoms. The molecular formula is C9H13N3O2. The number of nitrogens with two attached hydrogens (primary N) is 1. The number of oxime groups is 1. The first kappa shape index (κ1) is 10.3. The second kappa shape index (κ2) is 5.06. The maximum Gasteiger partial charge on any atom is 0.173 e. The Balaban J connectivity index is 2.91. The Morgan fingerprint density at radius 2 is 2.50 bits per heavy atom. The molecule has 1 heterocycles. The smallest absolute Gasteiger partial charge is 0.173 e. The van der Waals surface area contributed by atoms with E-state index in [0.29, 0.717) is 17.9 Å². The number of hydrogen-bond donors (Lipinski definition) is 2. The van der Waals surface area contributed by atoms with Crippen LogP contribution in [0.15, 0.2) is 23.6 Å². The molecule has 0 unspecified atom stereocenters. The highest BCUT2D eigenvalue weighted by molar-refractivity contribution is 5.99. The van der Waals surface area contributed by atoms with E-state index in [-0.39, 0.29) is 5.84 Å². The third kappa shape index (κ3) is 2.35. The van der Waals surface area contributed by atoms with Gasteiger partial charge >= 0.3 is 0 Å². The molecule has 14 heavy (non-hydrogen) atoms. The van der Waals surface area contributed by atoms with E-state index in [4.69, 9.17) is 15.7 Å². The zero-order valence-corrected chi connectivity index (χ0v) is 7.97. The fraction of sp³-hybridized carbons (Fsp3) is 0.333. The number of nitrogens with zero attached hydrogens (tertiary/aromatic N) is 2. The van der Waals surface area contributed by atoms with E-state index in [2.05, 4.69) is 10.1 Å². The van der Waals surface area contributed by atoms with Crippen molar-refractivity contribution in [2.45, 2.75) is 13.3 Å². The molecule has 0 fully saturated rings. The van der Waals surface area contributed by atoms with Gasteiger partial charge in [-0.3, -0.25) is 4.98 Å². The Labute approximate surface area is 82.2 Å². The van der Waals surface area contributed by atoms with Gasteiger partial charge in [0.25, 0.3) is 0 Å². The van der Waals surface area contributed by atoms with Crippen molar-refractivity contribution in [2.75, 3.05) is 6.61 Å². The van der Waals surface area contributed by atoms with E-state index < -0.39 is 0 Å². The summed E-state index contributed by atoms with van der Waals surface area (Å²) in [6, 6.07) is 1.64. The second-order valence-corrected chi connectivity index (χ2v) is 2.71. The summed E-state index contributed by atoms with van der Waals surface area (Å²) in [5.74, 6) is 0.558.